The van der Waals surface area contributed by atoms with E-state index >= 15 is 0 Å². The van der Waals surface area contributed by atoms with Gasteiger partial charge in [0.05, 0.1) is 49.3 Å². The normalized spacial score (nSPS) is 30.3. The number of nitrogens with zero attached hydrogens (tertiary/aromatic N) is 1. The number of methoxy groups -OCH3 is 1. The van der Waals surface area contributed by atoms with Gasteiger partial charge in [0, 0.05) is 25.7 Å². The molecule has 0 aliphatic carbocycles. The number of aliphatic imine (C=N–C) groups is 1. The van der Waals surface area contributed by atoms with Crippen LogP contribution in [0.5, 0.6) is 0 Å². The molecule has 0 saturated carbocycles. The molecule has 0 radical (unpaired) electrons. The second-order valence-corrected chi connectivity index (χ2v) is 11.3. The first-order valence-electron chi connectivity index (χ1n) is 15.6. The second-order valence-electron chi connectivity index (χ2n) is 11.3. The summed E-state index contributed by atoms with van der Waals surface area (Å²) in [5, 5.41) is 73.1. The number of rotatable bonds is 16. The molecule has 0 aromatic carbocycles. The Bertz CT molecular complexity index is 1330. The van der Waals surface area contributed by atoms with Gasteiger partial charge in [0.1, 0.15) is 37.1 Å². The van der Waals surface area contributed by atoms with Crippen molar-refractivity contribution in [3.63, 3.8) is 0 Å². The average Bonchev–Trinajstić information content (AvgIpc) is 3.07. The van der Waals surface area contributed by atoms with E-state index in [1.807, 2.05) is 0 Å². The number of esters is 1. The molecule has 1 fully saturated rings. The van der Waals surface area contributed by atoms with Gasteiger partial charge >= 0.3 is 11.9 Å². The molecule has 49 heavy (non-hydrogen) atoms. The fraction of sp³-hybridized carbons (Fsp3) is 0.581. The van der Waals surface area contributed by atoms with Crippen molar-refractivity contribution < 1.29 is 73.9 Å². The lowest BCUT2D eigenvalue weighted by atomic mass is 9.83. The van der Waals surface area contributed by atoms with Crippen LogP contribution in [-0.2, 0) is 33.3 Å². The highest BCUT2D eigenvalue weighted by atomic mass is 16.8. The molecule has 18 nitrogen and oxygen atoms in total. The molecule has 3 rings (SSSR count). The number of hydrogen-bond donors (Lipinski definition) is 10. The van der Waals surface area contributed by atoms with Crippen molar-refractivity contribution >= 4 is 17.9 Å². The summed E-state index contributed by atoms with van der Waals surface area (Å²) in [4.78, 5) is 30.0. The predicted molar refractivity (Wildman–Crippen MR) is 169 cm³/mol. The molecule has 18 heteroatoms. The number of ether oxygens (including phenoxy) is 5. The number of nitrogens with one attached hydrogen (secondary N) is 2. The Labute approximate surface area is 282 Å². The van der Waals surface area contributed by atoms with Gasteiger partial charge in [0.2, 0.25) is 12.1 Å². The van der Waals surface area contributed by atoms with Gasteiger partial charge in [-0.15, -0.1) is 6.58 Å². The Morgan fingerprint density at radius 3 is 2.57 bits per heavy atom. The Kier molecular flexibility index (Phi) is 14.9. The Morgan fingerprint density at radius 1 is 1.24 bits per heavy atom. The molecule has 274 valence electrons. The lowest BCUT2D eigenvalue weighted by Crippen LogP contribution is -3.09. The highest BCUT2D eigenvalue weighted by molar-refractivity contribution is 5.92. The zero-order chi connectivity index (χ0) is 36.3. The van der Waals surface area contributed by atoms with Gasteiger partial charge in [-0.05, 0) is 13.3 Å². The molecule has 3 heterocycles. The smallest absolute Gasteiger partial charge is 0.339 e. The van der Waals surface area contributed by atoms with Crippen molar-refractivity contribution in [3.8, 4) is 0 Å². The van der Waals surface area contributed by atoms with Crippen LogP contribution in [0.25, 0.3) is 0 Å². The van der Waals surface area contributed by atoms with Crippen LogP contribution in [0.2, 0.25) is 0 Å². The molecule has 0 bridgehead atoms. The summed E-state index contributed by atoms with van der Waals surface area (Å²) in [5.41, 5.74) is 6.43. The SMILES string of the molecule is C=C[C@H]1[C@H](O[C@@H]2O[C@H](CO)[C@@H](O)C(O)(O)[C@H]2OCC)OC=C(C(=O)OC)[C@H]1/C=C/C1=C[NH+](CCO)CC(C(=O)O)=C1NC(N)=NCCCO. The number of carboxylic acids is 1. The van der Waals surface area contributed by atoms with Gasteiger partial charge in [-0.3, -0.25) is 4.99 Å². The van der Waals surface area contributed by atoms with E-state index in [1.165, 1.54) is 19.3 Å². The lowest BCUT2D eigenvalue weighted by molar-refractivity contribution is -0.843. The maximum atomic E-state index is 12.9. The highest BCUT2D eigenvalue weighted by Crippen LogP contribution is 2.38. The van der Waals surface area contributed by atoms with Crippen molar-refractivity contribution in [3.05, 3.63) is 59.7 Å². The third kappa shape index (κ3) is 9.51. The van der Waals surface area contributed by atoms with Crippen LogP contribution in [0.1, 0.15) is 13.3 Å². The predicted octanol–water partition coefficient (Wildman–Crippen LogP) is -4.04. The van der Waals surface area contributed by atoms with Crippen LogP contribution in [0.3, 0.4) is 0 Å². The van der Waals surface area contributed by atoms with Crippen molar-refractivity contribution in [2.24, 2.45) is 22.6 Å². The number of carbonyl (C=O) groups is 2. The number of nitrogens with two attached hydrogens (primary N) is 1. The molecule has 0 spiro atoms. The molecular weight excluding hydrogens is 652 g/mol. The van der Waals surface area contributed by atoms with Crippen molar-refractivity contribution in [2.45, 2.75) is 50.0 Å². The number of aliphatic hydroxyl groups is 6. The van der Waals surface area contributed by atoms with Crippen molar-refractivity contribution in [2.75, 3.05) is 53.2 Å². The summed E-state index contributed by atoms with van der Waals surface area (Å²) in [6.07, 6.45) is -0.373. The van der Waals surface area contributed by atoms with Crippen LogP contribution >= 0.6 is 0 Å². The molecule has 3 aliphatic rings. The van der Waals surface area contributed by atoms with Crippen LogP contribution in [0.4, 0.5) is 0 Å². The maximum absolute atomic E-state index is 12.9. The van der Waals surface area contributed by atoms with Crippen LogP contribution in [-0.4, -0.2) is 143 Å². The number of quaternary nitrogens is 1. The van der Waals surface area contributed by atoms with Gasteiger partial charge in [-0.25, -0.2) is 9.59 Å². The highest BCUT2D eigenvalue weighted by Gasteiger charge is 2.57. The van der Waals surface area contributed by atoms with Gasteiger partial charge < -0.3 is 75.4 Å². The average molecular weight is 700 g/mol. The molecule has 8 atom stereocenters. The van der Waals surface area contributed by atoms with Crippen molar-refractivity contribution in [1.29, 1.82) is 0 Å². The summed E-state index contributed by atoms with van der Waals surface area (Å²) in [6.45, 7) is 4.61. The Balaban J connectivity index is 2.05. The number of carbonyl (C=O) groups excluding carboxylic acids is 1. The number of hydrogen-bond acceptors (Lipinski definition) is 14. The minimum Gasteiger partial charge on any atom is -0.478 e. The van der Waals surface area contributed by atoms with E-state index in [9.17, 15) is 40.2 Å². The first-order valence-corrected chi connectivity index (χ1v) is 15.6. The van der Waals surface area contributed by atoms with Crippen LogP contribution in [0.15, 0.2) is 64.7 Å². The van der Waals surface area contributed by atoms with E-state index in [1.54, 1.807) is 19.2 Å². The zero-order valence-electron chi connectivity index (χ0n) is 27.3. The zero-order valence-corrected chi connectivity index (χ0v) is 27.3. The topological polar surface area (TPSA) is 277 Å². The minimum atomic E-state index is -2.89. The quantitative estimate of drug-likeness (QED) is 0.0183. The largest absolute Gasteiger partial charge is 0.478 e. The summed E-state index contributed by atoms with van der Waals surface area (Å²) in [7, 11) is 1.17. The molecule has 11 N–H and O–H groups in total. The molecule has 0 aromatic heterocycles. The van der Waals surface area contributed by atoms with Crippen LogP contribution < -0.4 is 16.0 Å². The third-order valence-corrected chi connectivity index (χ3v) is 8.05. The Hall–Kier alpha value is -3.69. The lowest BCUT2D eigenvalue weighted by Gasteiger charge is -2.47. The monoisotopic (exact) mass is 699 g/mol. The van der Waals surface area contributed by atoms with Gasteiger partial charge in [-0.1, -0.05) is 18.2 Å². The van der Waals surface area contributed by atoms with Gasteiger partial charge in [0.25, 0.3) is 0 Å². The van der Waals surface area contributed by atoms with Crippen LogP contribution in [0, 0.1) is 11.8 Å². The van der Waals surface area contributed by atoms with E-state index < -0.39 is 67.1 Å². The molecule has 1 saturated heterocycles. The fourth-order valence-electron chi connectivity index (χ4n) is 5.56. The molecule has 0 amide bonds. The third-order valence-electron chi connectivity index (χ3n) is 8.05. The van der Waals surface area contributed by atoms with E-state index in [4.69, 9.17) is 34.5 Å². The van der Waals surface area contributed by atoms with Gasteiger partial charge in [-0.2, -0.15) is 0 Å². The second kappa shape index (κ2) is 18.3. The standard InChI is InChI=1S/C31H46N4O14/c1-4-18-19(8-7-17-13-35(10-12-37)14-20(26(40)41)23(17)34-30(32)33-9-6-11-36)21(27(42)45-3)16-47-28(18)49-29-25(46-5-2)31(43,44)24(39)22(15-38)48-29/h4,7-8,13,16,18-19,22,24-25,28-29,36-39,43-44H,1,5-6,9-12,14-15H2,2-3H3,(H,40,41)(H3,32,33,34)/p+1/b8-7+/t18-,19+,22-,24-,25+,28+,29+/m1/s1. The maximum Gasteiger partial charge on any atom is 0.339 e. The molecular formula is C31H47N4O14+. The first kappa shape index (κ1) is 39.7. The number of aliphatic carboxylic acids is 1. The summed E-state index contributed by atoms with van der Waals surface area (Å²) < 4.78 is 27.8. The summed E-state index contributed by atoms with van der Waals surface area (Å²) in [5.74, 6) is -6.81. The van der Waals surface area contributed by atoms with E-state index in [2.05, 4.69) is 16.9 Å². The minimum absolute atomic E-state index is 0.00160. The van der Waals surface area contributed by atoms with Gasteiger partial charge in [0.15, 0.2) is 18.4 Å². The van der Waals surface area contributed by atoms with E-state index in [0.29, 0.717) is 16.9 Å². The molecule has 0 aromatic rings. The van der Waals surface area contributed by atoms with Crippen molar-refractivity contribution in [1.82, 2.24) is 5.32 Å². The molecule has 3 aliphatic heterocycles. The number of guanidine groups is 1. The number of allylic oxidation sites excluding steroid dienone is 2. The Morgan fingerprint density at radius 2 is 1.98 bits per heavy atom. The van der Waals surface area contributed by atoms with E-state index in [0.717, 1.165) is 6.26 Å². The molecule has 1 unspecified atom stereocenters. The summed E-state index contributed by atoms with van der Waals surface area (Å²) >= 11 is 0. The summed E-state index contributed by atoms with van der Waals surface area (Å²) in [6, 6.07) is 0. The number of aliphatic hydroxyl groups excluding tert-OH is 4. The van der Waals surface area contributed by atoms with E-state index in [-0.39, 0.29) is 62.3 Å². The fourth-order valence-corrected chi connectivity index (χ4v) is 5.56. The number of carboxylic acid groups (broad SMARTS) is 1. The first-order chi connectivity index (χ1) is 23.4.